The first-order valence-corrected chi connectivity index (χ1v) is 11.0. The summed E-state index contributed by atoms with van der Waals surface area (Å²) in [6.45, 7) is 2.25. The van der Waals surface area contributed by atoms with Crippen molar-refractivity contribution in [2.24, 2.45) is 0 Å². The number of carbonyl (C=O) groups excluding carboxylic acids is 1. The fraction of sp³-hybridized carbons (Fsp3) is 0.208. The number of nitrogens with one attached hydrogen (secondary N) is 1. The van der Waals surface area contributed by atoms with Crippen LogP contribution in [0.5, 0.6) is 28.7 Å². The van der Waals surface area contributed by atoms with Crippen molar-refractivity contribution in [2.45, 2.75) is 13.5 Å². The SMILES string of the molecule is COc1cc(/C=C(/C#N)C(=O)Nc2nc(C)cs2)cc(OC)c1OCc1ccc2c(c1)OCO2. The van der Waals surface area contributed by atoms with Crippen LogP contribution in [0.25, 0.3) is 6.08 Å². The standard InChI is InChI=1S/C24H21N3O6S/c1-14-12-34-24(26-14)27-23(28)17(10-25)6-16-8-20(29-2)22(21(9-16)30-3)31-11-15-4-5-18-19(7-15)33-13-32-18/h4-9,12H,11,13H2,1-3H3,(H,26,27,28)/b17-6-. The molecular weight excluding hydrogens is 458 g/mol. The van der Waals surface area contributed by atoms with E-state index < -0.39 is 5.91 Å². The number of hydrogen-bond acceptors (Lipinski definition) is 9. The molecule has 34 heavy (non-hydrogen) atoms. The molecule has 0 saturated heterocycles. The van der Waals surface area contributed by atoms with Gasteiger partial charge >= 0.3 is 0 Å². The van der Waals surface area contributed by atoms with Gasteiger partial charge in [-0.1, -0.05) is 6.07 Å². The summed E-state index contributed by atoms with van der Waals surface area (Å²) in [6.07, 6.45) is 1.45. The summed E-state index contributed by atoms with van der Waals surface area (Å²) in [6, 6.07) is 10.8. The summed E-state index contributed by atoms with van der Waals surface area (Å²) in [5, 5.41) is 14.4. The summed E-state index contributed by atoms with van der Waals surface area (Å²) in [4.78, 5) is 16.7. The lowest BCUT2D eigenvalue weighted by Gasteiger charge is -2.16. The van der Waals surface area contributed by atoms with E-state index in [4.69, 9.17) is 23.7 Å². The van der Waals surface area contributed by atoms with Crippen LogP contribution in [-0.2, 0) is 11.4 Å². The molecule has 1 amide bonds. The van der Waals surface area contributed by atoms with Crippen LogP contribution in [0.1, 0.15) is 16.8 Å². The van der Waals surface area contributed by atoms with Gasteiger partial charge in [-0.15, -0.1) is 11.3 Å². The minimum Gasteiger partial charge on any atom is -0.493 e. The van der Waals surface area contributed by atoms with Gasteiger partial charge in [-0.05, 0) is 48.4 Å². The molecule has 1 aliphatic rings. The topological polar surface area (TPSA) is 112 Å². The Balaban J connectivity index is 1.56. The monoisotopic (exact) mass is 479 g/mol. The number of anilines is 1. The van der Waals surface area contributed by atoms with E-state index in [1.54, 1.807) is 12.1 Å². The van der Waals surface area contributed by atoms with Crippen LogP contribution >= 0.6 is 11.3 Å². The fourth-order valence-electron chi connectivity index (χ4n) is 3.20. The lowest BCUT2D eigenvalue weighted by atomic mass is 10.1. The van der Waals surface area contributed by atoms with Crippen LogP contribution in [0.3, 0.4) is 0 Å². The number of nitrogens with zero attached hydrogens (tertiary/aromatic N) is 2. The second-order valence-electron chi connectivity index (χ2n) is 7.15. The molecule has 9 nitrogen and oxygen atoms in total. The first kappa shape index (κ1) is 22.9. The van der Waals surface area contributed by atoms with E-state index in [1.165, 1.54) is 31.6 Å². The summed E-state index contributed by atoms with van der Waals surface area (Å²) in [7, 11) is 3.00. The van der Waals surface area contributed by atoms with E-state index in [0.717, 1.165) is 11.3 Å². The predicted molar refractivity (Wildman–Crippen MR) is 126 cm³/mol. The van der Waals surface area contributed by atoms with Gasteiger partial charge in [0.15, 0.2) is 28.1 Å². The van der Waals surface area contributed by atoms with Crippen LogP contribution < -0.4 is 29.0 Å². The quantitative estimate of drug-likeness (QED) is 0.376. The average Bonchev–Trinajstić information content (AvgIpc) is 3.48. The average molecular weight is 480 g/mol. The molecule has 0 radical (unpaired) electrons. The highest BCUT2D eigenvalue weighted by Gasteiger charge is 2.18. The second-order valence-corrected chi connectivity index (χ2v) is 8.01. The Morgan fingerprint density at radius 3 is 2.59 bits per heavy atom. The number of ether oxygens (including phenoxy) is 5. The number of carbonyl (C=O) groups is 1. The van der Waals surface area contributed by atoms with Gasteiger partial charge in [-0.25, -0.2) is 4.98 Å². The van der Waals surface area contributed by atoms with Gasteiger partial charge < -0.3 is 23.7 Å². The maximum atomic E-state index is 12.5. The number of thiazole rings is 1. The number of methoxy groups -OCH3 is 2. The van der Waals surface area contributed by atoms with Crippen molar-refractivity contribution in [1.29, 1.82) is 5.26 Å². The Labute approximate surface area is 200 Å². The number of aryl methyl sites for hydroxylation is 1. The molecule has 1 N–H and O–H groups in total. The summed E-state index contributed by atoms with van der Waals surface area (Å²) < 4.78 is 27.7. The third kappa shape index (κ3) is 5.05. The van der Waals surface area contributed by atoms with Gasteiger partial charge in [-0.2, -0.15) is 5.26 Å². The van der Waals surface area contributed by atoms with Crippen molar-refractivity contribution in [3.63, 3.8) is 0 Å². The van der Waals surface area contributed by atoms with E-state index >= 15 is 0 Å². The van der Waals surface area contributed by atoms with Crippen LogP contribution in [-0.4, -0.2) is 31.9 Å². The Morgan fingerprint density at radius 1 is 1.21 bits per heavy atom. The molecular formula is C24H21N3O6S. The Kier molecular flexibility index (Phi) is 6.85. The number of fused-ring (bicyclic) bond motifs is 1. The molecule has 174 valence electrons. The predicted octanol–water partition coefficient (Wildman–Crippen LogP) is 4.32. The molecule has 0 atom stereocenters. The number of amides is 1. The minimum absolute atomic E-state index is 0.0917. The molecule has 2 heterocycles. The molecule has 4 rings (SSSR count). The summed E-state index contributed by atoms with van der Waals surface area (Å²) in [5.74, 6) is 1.96. The number of rotatable bonds is 8. The summed E-state index contributed by atoms with van der Waals surface area (Å²) in [5.41, 5.74) is 2.10. The van der Waals surface area contributed by atoms with Crippen LogP contribution in [0, 0.1) is 18.3 Å². The highest BCUT2D eigenvalue weighted by Crippen LogP contribution is 2.40. The zero-order valence-corrected chi connectivity index (χ0v) is 19.5. The molecule has 0 spiro atoms. The van der Waals surface area contributed by atoms with Gasteiger partial charge in [0.05, 0.1) is 19.9 Å². The van der Waals surface area contributed by atoms with E-state index in [2.05, 4.69) is 10.3 Å². The molecule has 0 fully saturated rings. The highest BCUT2D eigenvalue weighted by atomic mass is 32.1. The van der Waals surface area contributed by atoms with Crippen molar-refractivity contribution in [3.05, 3.63) is 58.1 Å². The number of nitriles is 1. The normalized spacial score (nSPS) is 12.1. The Bertz CT molecular complexity index is 1270. The third-order valence-corrected chi connectivity index (χ3v) is 5.69. The molecule has 1 aromatic heterocycles. The lowest BCUT2D eigenvalue weighted by molar-refractivity contribution is -0.112. The first-order valence-electron chi connectivity index (χ1n) is 10.1. The highest BCUT2D eigenvalue weighted by molar-refractivity contribution is 7.13. The third-order valence-electron chi connectivity index (χ3n) is 4.82. The van der Waals surface area contributed by atoms with Crippen molar-refractivity contribution < 1.29 is 28.5 Å². The van der Waals surface area contributed by atoms with Crippen LogP contribution in [0.2, 0.25) is 0 Å². The zero-order chi connectivity index (χ0) is 24.1. The van der Waals surface area contributed by atoms with Crippen molar-refractivity contribution in [3.8, 4) is 34.8 Å². The Morgan fingerprint density at radius 2 is 1.94 bits per heavy atom. The molecule has 3 aromatic rings. The van der Waals surface area contributed by atoms with E-state index in [0.29, 0.717) is 39.4 Å². The van der Waals surface area contributed by atoms with Gasteiger partial charge in [0.25, 0.3) is 5.91 Å². The first-order chi connectivity index (χ1) is 16.5. The van der Waals surface area contributed by atoms with E-state index in [-0.39, 0.29) is 19.0 Å². The van der Waals surface area contributed by atoms with Gasteiger partial charge in [0.1, 0.15) is 18.2 Å². The molecule has 0 bridgehead atoms. The molecule has 10 heteroatoms. The zero-order valence-electron chi connectivity index (χ0n) is 18.7. The Hall–Kier alpha value is -4.23. The number of hydrogen-bond donors (Lipinski definition) is 1. The second kappa shape index (κ2) is 10.1. The van der Waals surface area contributed by atoms with Gasteiger partial charge in [0, 0.05) is 5.38 Å². The number of benzene rings is 2. The maximum Gasteiger partial charge on any atom is 0.268 e. The molecule has 2 aromatic carbocycles. The van der Waals surface area contributed by atoms with Gasteiger partial charge in [0.2, 0.25) is 12.5 Å². The van der Waals surface area contributed by atoms with Crippen LogP contribution in [0.15, 0.2) is 41.3 Å². The molecule has 0 unspecified atom stereocenters. The van der Waals surface area contributed by atoms with Gasteiger partial charge in [-0.3, -0.25) is 10.1 Å². The smallest absolute Gasteiger partial charge is 0.268 e. The fourth-order valence-corrected chi connectivity index (χ4v) is 3.89. The minimum atomic E-state index is -0.557. The molecule has 1 aliphatic heterocycles. The van der Waals surface area contributed by atoms with E-state index in [1.807, 2.05) is 36.6 Å². The largest absolute Gasteiger partial charge is 0.493 e. The maximum absolute atomic E-state index is 12.5. The summed E-state index contributed by atoms with van der Waals surface area (Å²) >= 11 is 1.29. The lowest BCUT2D eigenvalue weighted by Crippen LogP contribution is -2.13. The van der Waals surface area contributed by atoms with Crippen molar-refractivity contribution in [2.75, 3.05) is 26.3 Å². The van der Waals surface area contributed by atoms with Crippen molar-refractivity contribution in [1.82, 2.24) is 4.98 Å². The van der Waals surface area contributed by atoms with Crippen molar-refractivity contribution >= 4 is 28.5 Å². The number of aromatic nitrogens is 1. The van der Waals surface area contributed by atoms with E-state index in [9.17, 15) is 10.1 Å². The molecule has 0 aliphatic carbocycles. The molecule has 0 saturated carbocycles. The van der Waals surface area contributed by atoms with Crippen LogP contribution in [0.4, 0.5) is 5.13 Å².